The van der Waals surface area contributed by atoms with Crippen LogP contribution in [0.15, 0.2) is 36.8 Å². The lowest BCUT2D eigenvalue weighted by atomic mass is 9.84. The molecule has 3 fully saturated rings. The maximum absolute atomic E-state index is 13.1. The largest absolute Gasteiger partial charge is 0.417 e. The molecular weight excluding hydrogens is 543 g/mol. The second-order valence-corrected chi connectivity index (χ2v) is 12.1. The molecule has 0 aromatic carbocycles. The Labute approximate surface area is 233 Å². The summed E-state index contributed by atoms with van der Waals surface area (Å²) in [5.74, 6) is 0.838. The molecule has 2 saturated heterocycles. The minimum Gasteiger partial charge on any atom is -0.355 e. The predicted molar refractivity (Wildman–Crippen MR) is 144 cm³/mol. The fourth-order valence-corrected chi connectivity index (χ4v) is 6.65. The number of pyridine rings is 1. The first-order chi connectivity index (χ1) is 19.2. The van der Waals surface area contributed by atoms with Crippen LogP contribution in [-0.2, 0) is 17.5 Å². The van der Waals surface area contributed by atoms with E-state index >= 15 is 0 Å². The number of amides is 1. The topological polar surface area (TPSA) is 112 Å². The number of hydrogen-bond donors (Lipinski definition) is 2. The van der Waals surface area contributed by atoms with Gasteiger partial charge in [0.2, 0.25) is 16.2 Å². The van der Waals surface area contributed by atoms with E-state index in [1.165, 1.54) is 23.6 Å². The van der Waals surface area contributed by atoms with Gasteiger partial charge in [-0.05, 0) is 60.8 Å². The third kappa shape index (κ3) is 6.49. The highest BCUT2D eigenvalue weighted by atomic mass is 32.1. The number of aromatic nitrogens is 5. The highest BCUT2D eigenvalue weighted by Gasteiger charge is 2.48. The number of hydrogen-bond acceptors (Lipinski definition) is 10. The summed E-state index contributed by atoms with van der Waals surface area (Å²) in [6, 6.07) is 5.16. The molecule has 2 N–H and O–H groups in total. The summed E-state index contributed by atoms with van der Waals surface area (Å²) in [7, 11) is 0. The molecule has 3 aliphatic rings. The van der Waals surface area contributed by atoms with Crippen LogP contribution in [0.1, 0.15) is 43.2 Å². The van der Waals surface area contributed by atoms with Crippen molar-refractivity contribution in [2.45, 2.75) is 50.9 Å². The van der Waals surface area contributed by atoms with Gasteiger partial charge in [0.15, 0.2) is 5.82 Å². The summed E-state index contributed by atoms with van der Waals surface area (Å²) >= 11 is 1.30. The van der Waals surface area contributed by atoms with Crippen LogP contribution in [0.4, 0.5) is 29.3 Å². The Morgan fingerprint density at radius 3 is 2.77 bits per heavy atom. The number of halogens is 3. The average Bonchev–Trinajstić information content (AvgIpc) is 3.28. The predicted octanol–water partition coefficient (Wildman–Crippen LogP) is 4.06. The molecule has 3 aromatic heterocycles. The van der Waals surface area contributed by atoms with Gasteiger partial charge in [-0.15, -0.1) is 15.3 Å². The van der Waals surface area contributed by atoms with Crippen molar-refractivity contribution in [1.29, 1.82) is 0 Å². The molecule has 10 nitrogen and oxygen atoms in total. The number of nitrogens with zero attached hydrogens (tertiary/aromatic N) is 7. The van der Waals surface area contributed by atoms with Crippen LogP contribution in [-0.4, -0.2) is 68.4 Å². The molecule has 40 heavy (non-hydrogen) atoms. The van der Waals surface area contributed by atoms with Gasteiger partial charge in [0.1, 0.15) is 0 Å². The zero-order chi connectivity index (χ0) is 27.7. The standard InChI is InChI=1S/C26H30F3N9OS/c27-26(28,29)19-8-18(11-30-12-19)14-37-13-17(10-25(16-37)4-5-25)9-22(39)33-24-36-35-23(40-24)32-20-3-7-38(15-20)21-2-1-6-31-34-21/h1-2,6,8,11-12,17,20H,3-5,7,9-10,13-16H2,(H,32,35)(H,33,36,39)/t17?,20-/m1/s1. The van der Waals surface area contributed by atoms with Crippen LogP contribution in [0.2, 0.25) is 0 Å². The molecule has 5 heterocycles. The molecule has 6 rings (SSSR count). The summed E-state index contributed by atoms with van der Waals surface area (Å²) in [5, 5.41) is 23.8. The molecular formula is C26H30F3N9OS. The lowest BCUT2D eigenvalue weighted by Gasteiger charge is -2.38. The van der Waals surface area contributed by atoms with Gasteiger partial charge >= 0.3 is 6.18 Å². The van der Waals surface area contributed by atoms with E-state index in [0.717, 1.165) is 57.3 Å². The lowest BCUT2D eigenvalue weighted by Crippen LogP contribution is -2.42. The summed E-state index contributed by atoms with van der Waals surface area (Å²) in [6.07, 6.45) is 3.96. The van der Waals surface area contributed by atoms with Crippen LogP contribution in [0.3, 0.4) is 0 Å². The van der Waals surface area contributed by atoms with Gasteiger partial charge in [-0.3, -0.25) is 14.7 Å². The number of alkyl halides is 3. The molecule has 1 unspecified atom stereocenters. The minimum atomic E-state index is -4.42. The maximum atomic E-state index is 13.1. The summed E-state index contributed by atoms with van der Waals surface area (Å²) in [4.78, 5) is 21.1. The fraction of sp³-hybridized carbons (Fsp3) is 0.538. The molecule has 1 spiro atoms. The second-order valence-electron chi connectivity index (χ2n) is 11.1. The molecule has 1 aliphatic carbocycles. The van der Waals surface area contributed by atoms with E-state index in [1.807, 2.05) is 12.1 Å². The Balaban J connectivity index is 1.01. The van der Waals surface area contributed by atoms with E-state index in [4.69, 9.17) is 0 Å². The summed E-state index contributed by atoms with van der Waals surface area (Å²) in [5.41, 5.74) is -0.0362. The molecule has 0 radical (unpaired) electrons. The van der Waals surface area contributed by atoms with Gasteiger partial charge in [-0.1, -0.05) is 11.3 Å². The molecule has 2 atom stereocenters. The van der Waals surface area contributed by atoms with Crippen molar-refractivity contribution in [2.24, 2.45) is 11.3 Å². The zero-order valence-electron chi connectivity index (χ0n) is 21.8. The summed E-state index contributed by atoms with van der Waals surface area (Å²) in [6.45, 7) is 3.51. The Morgan fingerprint density at radius 1 is 1.15 bits per heavy atom. The number of rotatable bonds is 8. The Hall–Kier alpha value is -3.39. The van der Waals surface area contributed by atoms with Gasteiger partial charge in [0.25, 0.3) is 0 Å². The van der Waals surface area contributed by atoms with Crippen molar-refractivity contribution in [3.05, 3.63) is 47.9 Å². The van der Waals surface area contributed by atoms with E-state index < -0.39 is 11.7 Å². The number of carbonyl (C=O) groups is 1. The third-order valence-electron chi connectivity index (χ3n) is 7.83. The van der Waals surface area contributed by atoms with E-state index in [0.29, 0.717) is 35.3 Å². The van der Waals surface area contributed by atoms with Crippen molar-refractivity contribution < 1.29 is 18.0 Å². The van der Waals surface area contributed by atoms with E-state index in [-0.39, 0.29) is 23.3 Å². The Morgan fingerprint density at radius 2 is 2.00 bits per heavy atom. The van der Waals surface area contributed by atoms with Crippen LogP contribution < -0.4 is 15.5 Å². The first-order valence-electron chi connectivity index (χ1n) is 13.4. The van der Waals surface area contributed by atoms with Crippen molar-refractivity contribution in [1.82, 2.24) is 30.3 Å². The third-order valence-corrected chi connectivity index (χ3v) is 8.60. The molecule has 2 aliphatic heterocycles. The maximum Gasteiger partial charge on any atom is 0.417 e. The molecule has 3 aromatic rings. The number of likely N-dealkylation sites (tertiary alicyclic amines) is 1. The van der Waals surface area contributed by atoms with Crippen molar-refractivity contribution in [3.8, 4) is 0 Å². The SMILES string of the molecule is O=C(CC1CN(Cc2cncc(C(F)(F)F)c2)CC2(CC2)C1)Nc1nnc(N[C@@H]2CCN(c3cccnn3)C2)s1. The number of carbonyl (C=O) groups excluding carboxylic acids is 1. The van der Waals surface area contributed by atoms with Gasteiger partial charge < -0.3 is 15.5 Å². The number of piperidine rings is 1. The van der Waals surface area contributed by atoms with Crippen molar-refractivity contribution in [3.63, 3.8) is 0 Å². The van der Waals surface area contributed by atoms with Crippen LogP contribution in [0, 0.1) is 11.3 Å². The number of anilines is 3. The Kier molecular flexibility index (Phi) is 7.29. The highest BCUT2D eigenvalue weighted by Crippen LogP contribution is 2.54. The fourth-order valence-electron chi connectivity index (χ4n) is 5.92. The van der Waals surface area contributed by atoms with E-state index in [2.05, 4.69) is 45.8 Å². The quantitative estimate of drug-likeness (QED) is 0.412. The Bertz CT molecular complexity index is 1330. The summed E-state index contributed by atoms with van der Waals surface area (Å²) < 4.78 is 39.4. The van der Waals surface area contributed by atoms with E-state index in [9.17, 15) is 18.0 Å². The normalized spacial score (nSPS) is 22.4. The van der Waals surface area contributed by atoms with Crippen LogP contribution >= 0.6 is 11.3 Å². The minimum absolute atomic E-state index is 0.117. The zero-order valence-corrected chi connectivity index (χ0v) is 22.6. The second kappa shape index (κ2) is 10.9. The highest BCUT2D eigenvalue weighted by molar-refractivity contribution is 7.19. The van der Waals surface area contributed by atoms with Gasteiger partial charge in [-0.25, -0.2) is 0 Å². The lowest BCUT2D eigenvalue weighted by molar-refractivity contribution is -0.138. The van der Waals surface area contributed by atoms with Crippen LogP contribution in [0.25, 0.3) is 0 Å². The first kappa shape index (κ1) is 26.8. The smallest absolute Gasteiger partial charge is 0.355 e. The number of nitrogens with one attached hydrogen (secondary N) is 2. The van der Waals surface area contributed by atoms with Gasteiger partial charge in [0.05, 0.1) is 5.56 Å². The molecule has 0 bridgehead atoms. The molecule has 1 saturated carbocycles. The molecule has 212 valence electrons. The van der Waals surface area contributed by atoms with Crippen molar-refractivity contribution >= 4 is 33.3 Å². The van der Waals surface area contributed by atoms with Crippen molar-refractivity contribution in [2.75, 3.05) is 41.7 Å². The monoisotopic (exact) mass is 573 g/mol. The average molecular weight is 574 g/mol. The molecule has 14 heteroatoms. The molecule has 1 amide bonds. The first-order valence-corrected chi connectivity index (χ1v) is 14.2. The van der Waals surface area contributed by atoms with Gasteiger partial charge in [-0.2, -0.15) is 18.3 Å². The van der Waals surface area contributed by atoms with E-state index in [1.54, 1.807) is 6.20 Å². The van der Waals surface area contributed by atoms with Gasteiger partial charge in [0, 0.05) is 63.8 Å². The van der Waals surface area contributed by atoms with Crippen LogP contribution in [0.5, 0.6) is 0 Å².